The van der Waals surface area contributed by atoms with Crippen LogP contribution in [0.15, 0.2) is 0 Å². The number of esters is 7. The van der Waals surface area contributed by atoms with Crippen LogP contribution < -0.4 is 10.6 Å². The summed E-state index contributed by atoms with van der Waals surface area (Å²) >= 11 is 21.9. The molecule has 0 heterocycles. The minimum Gasteiger partial charge on any atom is -0.465 e. The summed E-state index contributed by atoms with van der Waals surface area (Å²) in [5.41, 5.74) is -2.25. The first-order valence-corrected chi connectivity index (χ1v) is 33.9. The third kappa shape index (κ3) is 38.4. The highest BCUT2D eigenvalue weighted by molar-refractivity contribution is 8.13. The van der Waals surface area contributed by atoms with Crippen molar-refractivity contribution in [3.63, 3.8) is 0 Å². The third-order valence-electron chi connectivity index (χ3n) is 10.9. The molecule has 33 heteroatoms. The monoisotopic (exact) mass is 1300 g/mol. The van der Waals surface area contributed by atoms with E-state index in [2.05, 4.69) is 73.8 Å². The Bertz CT molecular complexity index is 1680. The molecule has 0 fully saturated rings. The summed E-state index contributed by atoms with van der Waals surface area (Å²) in [6, 6.07) is 1.08. The van der Waals surface area contributed by atoms with Gasteiger partial charge in [-0.05, 0) is 19.3 Å². The maximum Gasteiger partial charge on any atom is 0.500 e. The number of nitrogens with one attached hydrogen (secondary N) is 2. The first-order chi connectivity index (χ1) is 37.7. The second kappa shape index (κ2) is 48.3. The van der Waals surface area contributed by atoms with Gasteiger partial charge in [0.05, 0.1) is 50.4 Å². The summed E-state index contributed by atoms with van der Waals surface area (Å²) in [5.74, 6) is -2.01. The molecular formula is C46H84N2O22S7Si2. The second-order valence-electron chi connectivity index (χ2n) is 16.8. The zero-order valence-corrected chi connectivity index (χ0v) is 54.4. The van der Waals surface area contributed by atoms with Gasteiger partial charge in [0.2, 0.25) is 0 Å². The summed E-state index contributed by atoms with van der Waals surface area (Å²) in [4.78, 5) is 109. The average molecular weight is 1300 g/mol. The molecule has 0 aromatic rings. The SMILES string of the molecule is CCC(COC(=O)CCS)(COC(=O)CCS)COC(=O)CCSC(=O)NCCC[Si](OC)(OC)OC.CO[Si](CCCNC(=O)SCCC(=O)OCC(COC(=O)CCS)(COC(=O)CCS)COC(=O)CCS)(OC)OC. The van der Waals surface area contributed by atoms with Gasteiger partial charge in [0.15, 0.2) is 0 Å². The molecule has 79 heavy (non-hydrogen) atoms. The van der Waals surface area contributed by atoms with Crippen molar-refractivity contribution in [2.45, 2.75) is 83.2 Å². The minimum atomic E-state index is -2.72. The normalized spacial score (nSPS) is 11.5. The summed E-state index contributed by atoms with van der Waals surface area (Å²) in [5, 5.41) is 4.92. The van der Waals surface area contributed by atoms with Gasteiger partial charge in [0.25, 0.3) is 10.5 Å². The quantitative estimate of drug-likeness (QED) is 0.0139. The minimum absolute atomic E-state index is 0.00378. The van der Waals surface area contributed by atoms with Crippen molar-refractivity contribution in [2.75, 3.05) is 142 Å². The Morgan fingerprint density at radius 1 is 0.380 bits per heavy atom. The Labute approximate surface area is 503 Å². The van der Waals surface area contributed by atoms with Crippen LogP contribution in [0.2, 0.25) is 12.1 Å². The van der Waals surface area contributed by atoms with Gasteiger partial charge in [0.1, 0.15) is 51.7 Å². The fourth-order valence-corrected chi connectivity index (χ4v) is 11.6. The number of hydrogen-bond donors (Lipinski definition) is 7. The van der Waals surface area contributed by atoms with Gasteiger partial charge in [0, 0.05) is 108 Å². The lowest BCUT2D eigenvalue weighted by molar-refractivity contribution is -0.171. The van der Waals surface area contributed by atoms with Crippen molar-refractivity contribution >= 4 is 157 Å². The summed E-state index contributed by atoms with van der Waals surface area (Å²) in [6.45, 7) is 0.900. The van der Waals surface area contributed by atoms with E-state index in [1.807, 2.05) is 6.92 Å². The lowest BCUT2D eigenvalue weighted by Gasteiger charge is -2.31. The van der Waals surface area contributed by atoms with E-state index in [0.29, 0.717) is 55.9 Å². The zero-order valence-electron chi connectivity index (χ0n) is 46.3. The summed E-state index contributed by atoms with van der Waals surface area (Å²) in [7, 11) is 3.74. The van der Waals surface area contributed by atoms with Crippen LogP contribution in [0.25, 0.3) is 0 Å². The third-order valence-corrected chi connectivity index (χ3v) is 19.3. The van der Waals surface area contributed by atoms with E-state index in [9.17, 15) is 43.2 Å². The number of carbonyl (C=O) groups excluding carboxylic acids is 9. The number of carbonyl (C=O) groups is 9. The van der Waals surface area contributed by atoms with E-state index in [0.717, 1.165) is 23.5 Å². The molecular weight excluding hydrogens is 1210 g/mol. The molecule has 0 aromatic carbocycles. The largest absolute Gasteiger partial charge is 0.500 e. The van der Waals surface area contributed by atoms with Crippen LogP contribution in [0, 0.1) is 10.8 Å². The molecule has 0 aliphatic carbocycles. The van der Waals surface area contributed by atoms with Crippen molar-refractivity contribution < 1.29 is 103 Å². The maximum atomic E-state index is 12.5. The van der Waals surface area contributed by atoms with Crippen molar-refractivity contribution in [3.8, 4) is 0 Å². The summed E-state index contributed by atoms with van der Waals surface area (Å²) < 4.78 is 69.3. The van der Waals surface area contributed by atoms with Crippen LogP contribution in [-0.2, 0) is 93.3 Å². The van der Waals surface area contributed by atoms with Crippen LogP contribution >= 0.6 is 86.7 Å². The van der Waals surface area contributed by atoms with Crippen molar-refractivity contribution in [1.29, 1.82) is 0 Å². The van der Waals surface area contributed by atoms with Gasteiger partial charge in [-0.1, -0.05) is 30.4 Å². The Morgan fingerprint density at radius 2 is 0.608 bits per heavy atom. The predicted molar refractivity (Wildman–Crippen MR) is 318 cm³/mol. The molecule has 24 nitrogen and oxygen atoms in total. The number of thioether (sulfide) groups is 2. The number of amides is 2. The van der Waals surface area contributed by atoms with E-state index in [-0.39, 0.29) is 130 Å². The highest BCUT2D eigenvalue weighted by Gasteiger charge is 2.40. The van der Waals surface area contributed by atoms with E-state index in [4.69, 9.17) is 59.7 Å². The van der Waals surface area contributed by atoms with E-state index >= 15 is 0 Å². The molecule has 0 atom stereocenters. The second-order valence-corrected chi connectivity index (χ2v) is 27.3. The molecule has 0 bridgehead atoms. The smallest absolute Gasteiger partial charge is 0.465 e. The lowest BCUT2D eigenvalue weighted by atomic mass is 9.88. The van der Waals surface area contributed by atoms with Crippen LogP contribution in [0.3, 0.4) is 0 Å². The standard InChI is InChI=1S/C24H43NO12S4Si.C22H41NO10S3Si/c1-31-42(32-2,33-3)14-4-9-25-23(30)41-13-8-22(29)37-18-24(15-34-19(26)5-10-38,16-35-20(27)6-11-39)17-36-21(28)7-12-40;1-5-22(15-31-18(24)7-11-34,16-32-19(25)8-12-35)17-33-20(26)9-13-36-21(27)23-10-6-14-37(28-2,29-3)30-4/h38-40H,4-18H2,1-3H3,(H,25,30);34-35H,5-17H2,1-4H3,(H,23,27). The molecule has 0 saturated heterocycles. The molecule has 0 saturated carbocycles. The van der Waals surface area contributed by atoms with Gasteiger partial charge >= 0.3 is 59.4 Å². The van der Waals surface area contributed by atoms with Gasteiger partial charge in [-0.25, -0.2) is 0 Å². The van der Waals surface area contributed by atoms with Crippen LogP contribution in [-0.4, -0.2) is 212 Å². The Balaban J connectivity index is 0. The molecule has 0 spiro atoms. The molecule has 0 unspecified atom stereocenters. The first-order valence-electron chi connectivity index (χ1n) is 25.0. The maximum absolute atomic E-state index is 12.5. The number of hydrogen-bond acceptors (Lipinski definition) is 29. The van der Waals surface area contributed by atoms with Gasteiger partial charge in [-0.15, -0.1) is 0 Å². The molecule has 0 aliphatic heterocycles. The Kier molecular flexibility index (Phi) is 48.2. The van der Waals surface area contributed by atoms with Gasteiger partial charge in [-0.2, -0.15) is 63.1 Å². The molecule has 0 aromatic heterocycles. The van der Waals surface area contributed by atoms with Crippen LogP contribution in [0.4, 0.5) is 9.59 Å². The highest BCUT2D eigenvalue weighted by Crippen LogP contribution is 2.26. The highest BCUT2D eigenvalue weighted by atomic mass is 32.2. The van der Waals surface area contributed by atoms with Crippen molar-refractivity contribution in [2.24, 2.45) is 10.8 Å². The Hall–Kier alpha value is -2.13. The number of thiol groups is 5. The van der Waals surface area contributed by atoms with E-state index < -0.39 is 70.2 Å². The van der Waals surface area contributed by atoms with Crippen LogP contribution in [0.5, 0.6) is 0 Å². The fraction of sp³-hybridized carbons (Fsp3) is 0.804. The molecule has 0 rings (SSSR count). The lowest BCUT2D eigenvalue weighted by Crippen LogP contribution is -2.44. The van der Waals surface area contributed by atoms with Crippen molar-refractivity contribution in [3.05, 3.63) is 0 Å². The average Bonchev–Trinajstić information content (AvgIpc) is 3.43. The Morgan fingerprint density at radius 3 is 0.823 bits per heavy atom. The molecule has 0 aliphatic rings. The van der Waals surface area contributed by atoms with E-state index in [1.54, 1.807) is 0 Å². The first kappa shape index (κ1) is 78.9. The predicted octanol–water partition coefficient (Wildman–Crippen LogP) is 4.96. The number of rotatable bonds is 45. The van der Waals surface area contributed by atoms with Gasteiger partial charge in [-0.3, -0.25) is 43.2 Å². The molecule has 2 amide bonds. The molecule has 0 radical (unpaired) electrons. The molecule has 2 N–H and O–H groups in total. The van der Waals surface area contributed by atoms with Crippen LogP contribution in [0.1, 0.15) is 71.1 Å². The van der Waals surface area contributed by atoms with Crippen molar-refractivity contribution in [1.82, 2.24) is 10.6 Å². The van der Waals surface area contributed by atoms with Gasteiger partial charge < -0.3 is 70.3 Å². The topological polar surface area (TPSA) is 298 Å². The fourth-order valence-electron chi connectivity index (χ4n) is 5.94. The summed E-state index contributed by atoms with van der Waals surface area (Å²) in [6.07, 6.45) is 1.84. The molecule has 460 valence electrons. The number of ether oxygens (including phenoxy) is 7. The zero-order chi connectivity index (χ0) is 60.0. The van der Waals surface area contributed by atoms with E-state index in [1.165, 1.54) is 42.7 Å².